The second kappa shape index (κ2) is 4.72. The van der Waals surface area contributed by atoms with E-state index in [-0.39, 0.29) is 12.4 Å². The van der Waals surface area contributed by atoms with Gasteiger partial charge in [-0.25, -0.2) is 9.37 Å². The Bertz CT molecular complexity index is 478. The first-order chi connectivity index (χ1) is 7.70. The largest absolute Gasteiger partial charge is 0.396 e. The van der Waals surface area contributed by atoms with Crippen molar-refractivity contribution in [1.29, 1.82) is 0 Å². The number of rotatable bonds is 3. The molecule has 84 valence electrons. The van der Waals surface area contributed by atoms with Crippen molar-refractivity contribution in [3.8, 4) is 10.6 Å². The van der Waals surface area contributed by atoms with Gasteiger partial charge < -0.3 is 5.11 Å². The van der Waals surface area contributed by atoms with Crippen LogP contribution in [-0.4, -0.2) is 16.7 Å². The predicted octanol–water partition coefficient (Wildman–Crippen LogP) is 2.79. The molecule has 2 nitrogen and oxygen atoms in total. The fraction of sp³-hybridized carbons (Fsp3) is 0.250. The van der Waals surface area contributed by atoms with E-state index in [1.165, 1.54) is 12.1 Å². The molecule has 0 aliphatic carbocycles. The second-order valence-corrected chi connectivity index (χ2v) is 4.71. The minimum atomic E-state index is -0.243. The van der Waals surface area contributed by atoms with E-state index < -0.39 is 0 Å². The van der Waals surface area contributed by atoms with Crippen molar-refractivity contribution in [3.63, 3.8) is 0 Å². The topological polar surface area (TPSA) is 33.1 Å². The van der Waals surface area contributed by atoms with E-state index in [2.05, 4.69) is 4.98 Å². The number of thiazole rings is 1. The maximum Gasteiger partial charge on any atom is 0.123 e. The number of hydrogen-bond acceptors (Lipinski definition) is 3. The molecule has 2 aromatic rings. The summed E-state index contributed by atoms with van der Waals surface area (Å²) in [7, 11) is 0. The van der Waals surface area contributed by atoms with Gasteiger partial charge in [0.25, 0.3) is 0 Å². The Labute approximate surface area is 97.4 Å². The smallest absolute Gasteiger partial charge is 0.123 e. The predicted molar refractivity (Wildman–Crippen MR) is 63.0 cm³/mol. The van der Waals surface area contributed by atoms with Crippen molar-refractivity contribution >= 4 is 11.3 Å². The number of aromatic nitrogens is 1. The minimum absolute atomic E-state index is 0.105. The van der Waals surface area contributed by atoms with E-state index in [0.717, 1.165) is 21.1 Å². The highest BCUT2D eigenvalue weighted by Gasteiger charge is 2.08. The lowest BCUT2D eigenvalue weighted by Crippen LogP contribution is -1.92. The monoisotopic (exact) mass is 237 g/mol. The maximum atomic E-state index is 12.8. The molecule has 4 heteroatoms. The first-order valence-electron chi connectivity index (χ1n) is 5.04. The summed E-state index contributed by atoms with van der Waals surface area (Å²) in [6, 6.07) is 6.29. The Kier molecular flexibility index (Phi) is 3.31. The van der Waals surface area contributed by atoms with Crippen LogP contribution in [-0.2, 0) is 6.42 Å². The van der Waals surface area contributed by atoms with E-state index >= 15 is 0 Å². The molecule has 0 aliphatic heterocycles. The Morgan fingerprint density at radius 2 is 2.00 bits per heavy atom. The number of aliphatic hydroxyl groups is 1. The standard InChI is InChI=1S/C12H12FNOS/c1-8-11(6-7-15)14-12(16-8)9-2-4-10(13)5-3-9/h2-5,15H,6-7H2,1H3. The van der Waals surface area contributed by atoms with E-state index in [4.69, 9.17) is 5.11 Å². The number of aliphatic hydroxyl groups excluding tert-OH is 1. The van der Waals surface area contributed by atoms with Gasteiger partial charge in [-0.2, -0.15) is 0 Å². The van der Waals surface area contributed by atoms with Gasteiger partial charge in [-0.3, -0.25) is 0 Å². The molecular formula is C12H12FNOS. The van der Waals surface area contributed by atoms with Gasteiger partial charge >= 0.3 is 0 Å². The quantitative estimate of drug-likeness (QED) is 0.890. The van der Waals surface area contributed by atoms with Gasteiger partial charge in [0.05, 0.1) is 5.69 Å². The average Bonchev–Trinajstić information content (AvgIpc) is 2.62. The summed E-state index contributed by atoms with van der Waals surface area (Å²) in [5.41, 5.74) is 1.84. The highest BCUT2D eigenvalue weighted by Crippen LogP contribution is 2.27. The number of benzene rings is 1. The third-order valence-corrected chi connectivity index (χ3v) is 3.39. The van der Waals surface area contributed by atoms with Crippen molar-refractivity contribution in [2.75, 3.05) is 6.61 Å². The molecular weight excluding hydrogens is 225 g/mol. The lowest BCUT2D eigenvalue weighted by Gasteiger charge is -1.95. The molecule has 16 heavy (non-hydrogen) atoms. The fourth-order valence-corrected chi connectivity index (χ4v) is 2.45. The Morgan fingerprint density at radius 1 is 1.31 bits per heavy atom. The molecule has 0 fully saturated rings. The van der Waals surface area contributed by atoms with Gasteiger partial charge in [-0.15, -0.1) is 11.3 Å². The van der Waals surface area contributed by atoms with Crippen LogP contribution < -0.4 is 0 Å². The molecule has 1 aromatic carbocycles. The zero-order valence-electron chi connectivity index (χ0n) is 8.90. The third-order valence-electron chi connectivity index (χ3n) is 2.33. The molecule has 1 N–H and O–H groups in total. The summed E-state index contributed by atoms with van der Waals surface area (Å²) in [5, 5.41) is 9.75. The lowest BCUT2D eigenvalue weighted by atomic mass is 10.2. The van der Waals surface area contributed by atoms with E-state index in [0.29, 0.717) is 6.42 Å². The number of halogens is 1. The molecule has 0 saturated heterocycles. The van der Waals surface area contributed by atoms with E-state index in [9.17, 15) is 4.39 Å². The van der Waals surface area contributed by atoms with Gasteiger partial charge in [0, 0.05) is 23.5 Å². The van der Waals surface area contributed by atoms with Gasteiger partial charge in [-0.1, -0.05) is 0 Å². The molecule has 0 bridgehead atoms. The zero-order chi connectivity index (χ0) is 11.5. The van der Waals surface area contributed by atoms with Crippen LogP contribution >= 0.6 is 11.3 Å². The minimum Gasteiger partial charge on any atom is -0.396 e. The van der Waals surface area contributed by atoms with Crippen LogP contribution in [0.1, 0.15) is 10.6 Å². The zero-order valence-corrected chi connectivity index (χ0v) is 9.72. The lowest BCUT2D eigenvalue weighted by molar-refractivity contribution is 0.298. The molecule has 0 aliphatic rings. The van der Waals surface area contributed by atoms with Crippen molar-refractivity contribution in [1.82, 2.24) is 4.98 Å². The molecule has 1 heterocycles. The fourth-order valence-electron chi connectivity index (χ4n) is 1.48. The summed E-state index contributed by atoms with van der Waals surface area (Å²) in [6.07, 6.45) is 0.573. The summed E-state index contributed by atoms with van der Waals surface area (Å²) in [6.45, 7) is 2.09. The Balaban J connectivity index is 2.33. The number of aryl methyl sites for hydroxylation is 1. The summed E-state index contributed by atoms with van der Waals surface area (Å²) in [4.78, 5) is 5.54. The molecule has 0 unspecified atom stereocenters. The highest BCUT2D eigenvalue weighted by atomic mass is 32.1. The van der Waals surface area contributed by atoms with Crippen molar-refractivity contribution in [3.05, 3.63) is 40.7 Å². The molecule has 0 atom stereocenters. The van der Waals surface area contributed by atoms with Crippen LogP contribution in [0.2, 0.25) is 0 Å². The highest BCUT2D eigenvalue weighted by molar-refractivity contribution is 7.15. The third kappa shape index (κ3) is 2.28. The van der Waals surface area contributed by atoms with Gasteiger partial charge in [0.2, 0.25) is 0 Å². The Hall–Kier alpha value is -1.26. The molecule has 0 saturated carbocycles. The molecule has 0 amide bonds. The molecule has 0 spiro atoms. The number of nitrogens with zero attached hydrogens (tertiary/aromatic N) is 1. The number of hydrogen-bond donors (Lipinski definition) is 1. The second-order valence-electron chi connectivity index (χ2n) is 3.50. The van der Waals surface area contributed by atoms with Crippen LogP contribution in [0.3, 0.4) is 0 Å². The normalized spacial score (nSPS) is 10.7. The van der Waals surface area contributed by atoms with Gasteiger partial charge in [0.15, 0.2) is 0 Å². The first-order valence-corrected chi connectivity index (χ1v) is 5.85. The molecule has 1 aromatic heterocycles. The van der Waals surface area contributed by atoms with Crippen molar-refractivity contribution < 1.29 is 9.50 Å². The molecule has 0 radical (unpaired) electrons. The summed E-state index contributed by atoms with van der Waals surface area (Å²) < 4.78 is 12.8. The molecule has 2 rings (SSSR count). The van der Waals surface area contributed by atoms with Gasteiger partial charge in [0.1, 0.15) is 10.8 Å². The van der Waals surface area contributed by atoms with E-state index in [1.807, 2.05) is 6.92 Å². The van der Waals surface area contributed by atoms with Crippen LogP contribution in [0.25, 0.3) is 10.6 Å². The Morgan fingerprint density at radius 3 is 2.62 bits per heavy atom. The van der Waals surface area contributed by atoms with E-state index in [1.54, 1.807) is 23.5 Å². The first kappa shape index (κ1) is 11.2. The van der Waals surface area contributed by atoms with Crippen LogP contribution in [0.5, 0.6) is 0 Å². The summed E-state index contributed by atoms with van der Waals surface area (Å²) in [5.74, 6) is -0.243. The van der Waals surface area contributed by atoms with Crippen LogP contribution in [0.4, 0.5) is 4.39 Å². The average molecular weight is 237 g/mol. The van der Waals surface area contributed by atoms with Crippen molar-refractivity contribution in [2.24, 2.45) is 0 Å². The van der Waals surface area contributed by atoms with Crippen LogP contribution in [0.15, 0.2) is 24.3 Å². The summed E-state index contributed by atoms with van der Waals surface area (Å²) >= 11 is 1.57. The van der Waals surface area contributed by atoms with Gasteiger partial charge in [-0.05, 0) is 31.2 Å². The van der Waals surface area contributed by atoms with Crippen LogP contribution in [0, 0.1) is 12.7 Å². The van der Waals surface area contributed by atoms with Crippen molar-refractivity contribution in [2.45, 2.75) is 13.3 Å². The SMILES string of the molecule is Cc1sc(-c2ccc(F)cc2)nc1CCO. The maximum absolute atomic E-state index is 12.8.